The Morgan fingerprint density at radius 2 is 2.14 bits per heavy atom. The number of ether oxygens (including phenoxy) is 3. The molecule has 3 aromatic rings. The number of carbonyl (C=O) groups is 2. The quantitative estimate of drug-likeness (QED) is 0.334. The Labute approximate surface area is 202 Å². The number of esters is 1. The maximum Gasteiger partial charge on any atom is 0.332 e. The summed E-state index contributed by atoms with van der Waals surface area (Å²) in [5.41, 5.74) is 0.327. The molecule has 1 aliphatic rings. The van der Waals surface area contributed by atoms with Gasteiger partial charge in [-0.2, -0.15) is 5.10 Å². The summed E-state index contributed by atoms with van der Waals surface area (Å²) in [6.07, 6.45) is 2.42. The molecule has 0 spiro atoms. The maximum atomic E-state index is 12.6. The number of benzene rings is 1. The molecule has 10 heteroatoms. The fourth-order valence-electron chi connectivity index (χ4n) is 3.97. The number of carbonyl (C=O) groups excluding carboxylic acids is 2. The Morgan fingerprint density at radius 3 is 2.77 bits per heavy atom. The molecule has 35 heavy (non-hydrogen) atoms. The summed E-state index contributed by atoms with van der Waals surface area (Å²) < 4.78 is 17.7. The number of pyridine rings is 1. The van der Waals surface area contributed by atoms with Gasteiger partial charge in [0.1, 0.15) is 23.1 Å². The van der Waals surface area contributed by atoms with Gasteiger partial charge >= 0.3 is 5.97 Å². The van der Waals surface area contributed by atoms with E-state index in [0.29, 0.717) is 29.3 Å². The first kappa shape index (κ1) is 24.2. The Hall–Kier alpha value is -3.92. The SMILES string of the molecule is C=C[C@@H]1C[C@]1(NC(=O)[C@@H](O)CCOc1cc(-n2ccc(C)n2)nc2cc(OC)ccc12)C(=O)OC. The van der Waals surface area contributed by atoms with Crippen molar-refractivity contribution in [2.24, 2.45) is 5.92 Å². The van der Waals surface area contributed by atoms with E-state index in [0.717, 1.165) is 11.1 Å². The van der Waals surface area contributed by atoms with Crippen LogP contribution in [0, 0.1) is 12.8 Å². The second-order valence-electron chi connectivity index (χ2n) is 8.41. The molecule has 0 saturated heterocycles. The first-order chi connectivity index (χ1) is 16.8. The van der Waals surface area contributed by atoms with Crippen LogP contribution in [0.1, 0.15) is 18.5 Å². The minimum Gasteiger partial charge on any atom is -0.497 e. The number of nitrogens with zero attached hydrogens (tertiary/aromatic N) is 3. The number of nitrogens with one attached hydrogen (secondary N) is 1. The van der Waals surface area contributed by atoms with Crippen LogP contribution in [0.5, 0.6) is 11.5 Å². The van der Waals surface area contributed by atoms with Crippen molar-refractivity contribution in [1.29, 1.82) is 0 Å². The number of hydrogen-bond donors (Lipinski definition) is 2. The lowest BCUT2D eigenvalue weighted by Gasteiger charge is -2.19. The highest BCUT2D eigenvalue weighted by Crippen LogP contribution is 2.45. The van der Waals surface area contributed by atoms with Crippen molar-refractivity contribution in [1.82, 2.24) is 20.1 Å². The summed E-state index contributed by atoms with van der Waals surface area (Å²) in [7, 11) is 2.83. The highest BCUT2D eigenvalue weighted by atomic mass is 16.5. The van der Waals surface area contributed by atoms with Gasteiger partial charge in [-0.25, -0.2) is 14.5 Å². The van der Waals surface area contributed by atoms with E-state index < -0.39 is 23.5 Å². The number of hydrogen-bond acceptors (Lipinski definition) is 8. The van der Waals surface area contributed by atoms with Crippen molar-refractivity contribution in [2.45, 2.75) is 31.4 Å². The predicted molar refractivity (Wildman–Crippen MR) is 127 cm³/mol. The summed E-state index contributed by atoms with van der Waals surface area (Å²) in [4.78, 5) is 29.3. The zero-order valence-electron chi connectivity index (χ0n) is 19.9. The van der Waals surface area contributed by atoms with Crippen molar-refractivity contribution in [3.8, 4) is 17.3 Å². The smallest absolute Gasteiger partial charge is 0.332 e. The second kappa shape index (κ2) is 9.75. The topological polar surface area (TPSA) is 125 Å². The van der Waals surface area contributed by atoms with E-state index >= 15 is 0 Å². The molecule has 1 aromatic carbocycles. The van der Waals surface area contributed by atoms with Gasteiger partial charge in [0.2, 0.25) is 5.91 Å². The van der Waals surface area contributed by atoms with Crippen LogP contribution in [0.2, 0.25) is 0 Å². The second-order valence-corrected chi connectivity index (χ2v) is 8.41. The minimum absolute atomic E-state index is 0.0119. The van der Waals surface area contributed by atoms with Gasteiger partial charge in [0, 0.05) is 36.1 Å². The van der Waals surface area contributed by atoms with Crippen molar-refractivity contribution >= 4 is 22.8 Å². The lowest BCUT2D eigenvalue weighted by molar-refractivity contribution is -0.148. The van der Waals surface area contributed by atoms with Gasteiger partial charge in [0.25, 0.3) is 0 Å². The summed E-state index contributed by atoms with van der Waals surface area (Å²) in [5.74, 6) is 0.269. The van der Waals surface area contributed by atoms with Crippen molar-refractivity contribution < 1.29 is 28.9 Å². The summed E-state index contributed by atoms with van der Waals surface area (Å²) in [5, 5.41) is 18.2. The van der Waals surface area contributed by atoms with E-state index in [1.54, 1.807) is 42.3 Å². The molecule has 10 nitrogen and oxygen atoms in total. The molecule has 4 rings (SSSR count). The number of aromatic nitrogens is 3. The van der Waals surface area contributed by atoms with Crippen LogP contribution in [0.4, 0.5) is 0 Å². The summed E-state index contributed by atoms with van der Waals surface area (Å²) in [6.45, 7) is 5.61. The van der Waals surface area contributed by atoms with E-state index in [1.165, 1.54) is 7.11 Å². The van der Waals surface area contributed by atoms with Gasteiger partial charge in [-0.3, -0.25) is 4.79 Å². The van der Waals surface area contributed by atoms with E-state index in [1.807, 2.05) is 19.1 Å². The normalized spacial score (nSPS) is 19.6. The highest BCUT2D eigenvalue weighted by Gasteiger charge is 2.61. The summed E-state index contributed by atoms with van der Waals surface area (Å²) >= 11 is 0. The fraction of sp³-hybridized carbons (Fsp3) is 0.360. The Balaban J connectivity index is 1.48. The van der Waals surface area contributed by atoms with E-state index in [4.69, 9.17) is 14.2 Å². The van der Waals surface area contributed by atoms with Crippen LogP contribution in [0.3, 0.4) is 0 Å². The third-order valence-electron chi connectivity index (χ3n) is 6.07. The number of aliphatic hydroxyl groups is 1. The highest BCUT2D eigenvalue weighted by molar-refractivity contribution is 5.93. The van der Waals surface area contributed by atoms with Crippen LogP contribution in [-0.2, 0) is 14.3 Å². The third kappa shape index (κ3) is 4.83. The Kier molecular flexibility index (Phi) is 6.74. The zero-order chi connectivity index (χ0) is 25.2. The van der Waals surface area contributed by atoms with Crippen molar-refractivity contribution in [3.05, 3.63) is 54.9 Å². The average molecular weight is 481 g/mol. The van der Waals surface area contributed by atoms with E-state index in [-0.39, 0.29) is 18.9 Å². The fourth-order valence-corrected chi connectivity index (χ4v) is 3.97. The molecule has 184 valence electrons. The minimum atomic E-state index is -1.37. The van der Waals surface area contributed by atoms with Gasteiger partial charge in [0.05, 0.1) is 32.0 Å². The molecule has 2 N–H and O–H groups in total. The third-order valence-corrected chi connectivity index (χ3v) is 6.07. The van der Waals surface area contributed by atoms with Crippen LogP contribution < -0.4 is 14.8 Å². The number of rotatable bonds is 10. The molecule has 1 saturated carbocycles. The molecule has 0 radical (unpaired) electrons. The molecule has 3 atom stereocenters. The molecule has 1 aliphatic carbocycles. The van der Waals surface area contributed by atoms with Crippen molar-refractivity contribution in [2.75, 3.05) is 20.8 Å². The average Bonchev–Trinajstić information content (AvgIpc) is 3.41. The van der Waals surface area contributed by atoms with Gasteiger partial charge < -0.3 is 24.6 Å². The number of aliphatic hydroxyl groups excluding tert-OH is 1. The van der Waals surface area contributed by atoms with Gasteiger partial charge in [-0.05, 0) is 31.5 Å². The van der Waals surface area contributed by atoms with Crippen molar-refractivity contribution in [3.63, 3.8) is 0 Å². The molecular weight excluding hydrogens is 452 g/mol. The lowest BCUT2D eigenvalue weighted by atomic mass is 10.1. The molecule has 1 amide bonds. The monoisotopic (exact) mass is 480 g/mol. The molecule has 1 fully saturated rings. The van der Waals surface area contributed by atoms with Crippen LogP contribution in [-0.4, -0.2) is 64.2 Å². The number of aryl methyl sites for hydroxylation is 1. The Bertz CT molecular complexity index is 1270. The molecule has 0 unspecified atom stereocenters. The lowest BCUT2D eigenvalue weighted by Crippen LogP contribution is -2.49. The Morgan fingerprint density at radius 1 is 1.34 bits per heavy atom. The van der Waals surface area contributed by atoms with E-state index in [9.17, 15) is 14.7 Å². The summed E-state index contributed by atoms with van der Waals surface area (Å²) in [6, 6.07) is 9.04. The molecule has 2 heterocycles. The van der Waals surface area contributed by atoms with Crippen LogP contribution in [0.25, 0.3) is 16.7 Å². The number of amides is 1. The first-order valence-electron chi connectivity index (χ1n) is 11.2. The number of methoxy groups -OCH3 is 2. The standard InChI is InChI=1S/C25H28N4O6/c1-5-16-14-25(16,24(32)34-4)27-23(31)20(30)9-11-35-21-13-22(29-10-8-15(2)28-29)26-19-12-17(33-3)6-7-18(19)21/h5-8,10,12-13,16,20,30H,1,9,11,14H2,2-4H3,(H,27,31)/t16-,20+,25-/m1/s1. The van der Waals surface area contributed by atoms with Gasteiger partial charge in [-0.1, -0.05) is 6.08 Å². The molecule has 0 bridgehead atoms. The number of fused-ring (bicyclic) bond motifs is 1. The molecular formula is C25H28N4O6. The predicted octanol–water partition coefficient (Wildman–Crippen LogP) is 2.10. The first-order valence-corrected chi connectivity index (χ1v) is 11.2. The van der Waals surface area contributed by atoms with Crippen LogP contribution in [0.15, 0.2) is 49.2 Å². The van der Waals surface area contributed by atoms with E-state index in [2.05, 4.69) is 22.0 Å². The largest absolute Gasteiger partial charge is 0.497 e. The maximum absolute atomic E-state index is 12.6. The van der Waals surface area contributed by atoms with Gasteiger partial charge in [-0.15, -0.1) is 6.58 Å². The van der Waals surface area contributed by atoms with Gasteiger partial charge in [0.15, 0.2) is 5.82 Å². The zero-order valence-corrected chi connectivity index (χ0v) is 19.9. The molecule has 0 aliphatic heterocycles. The molecule has 2 aromatic heterocycles. The van der Waals surface area contributed by atoms with Crippen LogP contribution >= 0.6 is 0 Å².